The van der Waals surface area contributed by atoms with Crippen molar-refractivity contribution in [2.45, 2.75) is 40.5 Å². The highest BCUT2D eigenvalue weighted by molar-refractivity contribution is 14.0. The first kappa shape index (κ1) is 18.6. The van der Waals surface area contributed by atoms with Gasteiger partial charge in [-0.25, -0.2) is 4.98 Å². The molecule has 110 valence electrons. The van der Waals surface area contributed by atoms with Gasteiger partial charge in [0.05, 0.1) is 10.7 Å². The van der Waals surface area contributed by atoms with Gasteiger partial charge < -0.3 is 10.6 Å². The smallest absolute Gasteiger partial charge is 0.191 e. The van der Waals surface area contributed by atoms with E-state index in [1.54, 1.807) is 11.3 Å². The number of halogens is 1. The molecule has 0 aliphatic carbocycles. The summed E-state index contributed by atoms with van der Waals surface area (Å²) in [5, 5.41) is 7.78. The van der Waals surface area contributed by atoms with Crippen molar-refractivity contribution in [1.82, 2.24) is 15.6 Å². The van der Waals surface area contributed by atoms with Crippen molar-refractivity contribution < 1.29 is 0 Å². The minimum absolute atomic E-state index is 0. The van der Waals surface area contributed by atoms with Crippen molar-refractivity contribution in [3.63, 3.8) is 0 Å². The SMILES string of the molecule is CCCN=C(NCC)NCCc1nc(C)c(C)s1.I. The van der Waals surface area contributed by atoms with Crippen LogP contribution in [0.4, 0.5) is 0 Å². The van der Waals surface area contributed by atoms with Gasteiger partial charge in [0, 0.05) is 30.9 Å². The van der Waals surface area contributed by atoms with E-state index in [1.807, 2.05) is 0 Å². The third-order valence-electron chi connectivity index (χ3n) is 2.54. The summed E-state index contributed by atoms with van der Waals surface area (Å²) in [6, 6.07) is 0. The van der Waals surface area contributed by atoms with Gasteiger partial charge >= 0.3 is 0 Å². The summed E-state index contributed by atoms with van der Waals surface area (Å²) in [5.74, 6) is 0.907. The monoisotopic (exact) mass is 396 g/mol. The van der Waals surface area contributed by atoms with E-state index >= 15 is 0 Å². The molecule has 0 unspecified atom stereocenters. The zero-order valence-corrected chi connectivity index (χ0v) is 15.4. The number of nitrogens with one attached hydrogen (secondary N) is 2. The van der Waals surface area contributed by atoms with Crippen LogP contribution in [0.3, 0.4) is 0 Å². The van der Waals surface area contributed by atoms with Gasteiger partial charge in [-0.3, -0.25) is 4.99 Å². The Morgan fingerprint density at radius 2 is 2.00 bits per heavy atom. The molecule has 2 N–H and O–H groups in total. The predicted molar refractivity (Wildman–Crippen MR) is 95.0 cm³/mol. The van der Waals surface area contributed by atoms with E-state index in [2.05, 4.69) is 48.3 Å². The maximum atomic E-state index is 4.53. The Balaban J connectivity index is 0.00000324. The first-order valence-electron chi connectivity index (χ1n) is 6.62. The lowest BCUT2D eigenvalue weighted by Gasteiger charge is -2.10. The maximum absolute atomic E-state index is 4.53. The van der Waals surface area contributed by atoms with Crippen molar-refractivity contribution in [2.75, 3.05) is 19.6 Å². The van der Waals surface area contributed by atoms with E-state index in [9.17, 15) is 0 Å². The van der Waals surface area contributed by atoms with Crippen LogP contribution in [0.5, 0.6) is 0 Å². The van der Waals surface area contributed by atoms with Crippen LogP contribution in [0.1, 0.15) is 35.8 Å². The highest BCUT2D eigenvalue weighted by atomic mass is 127. The summed E-state index contributed by atoms with van der Waals surface area (Å²) >= 11 is 1.79. The second kappa shape index (κ2) is 10.4. The van der Waals surface area contributed by atoms with Crippen molar-refractivity contribution >= 4 is 41.3 Å². The molecule has 0 radical (unpaired) electrons. The molecule has 0 fully saturated rings. The summed E-state index contributed by atoms with van der Waals surface area (Å²) < 4.78 is 0. The molecule has 0 bridgehead atoms. The molecule has 19 heavy (non-hydrogen) atoms. The Kier molecular flexibility index (Phi) is 10.2. The third kappa shape index (κ3) is 7.10. The summed E-state index contributed by atoms with van der Waals surface area (Å²) in [6.45, 7) is 11.0. The van der Waals surface area contributed by atoms with Crippen LogP contribution in [-0.4, -0.2) is 30.6 Å². The zero-order valence-electron chi connectivity index (χ0n) is 12.2. The highest BCUT2D eigenvalue weighted by Gasteiger charge is 2.03. The molecule has 0 saturated carbocycles. The number of rotatable bonds is 6. The lowest BCUT2D eigenvalue weighted by atomic mass is 10.4. The fourth-order valence-corrected chi connectivity index (χ4v) is 2.43. The van der Waals surface area contributed by atoms with E-state index in [1.165, 1.54) is 9.88 Å². The molecule has 0 saturated heterocycles. The van der Waals surface area contributed by atoms with E-state index in [0.29, 0.717) is 0 Å². The van der Waals surface area contributed by atoms with Crippen LogP contribution >= 0.6 is 35.3 Å². The number of aromatic nitrogens is 1. The van der Waals surface area contributed by atoms with Crippen LogP contribution < -0.4 is 10.6 Å². The number of aliphatic imine (C=N–C) groups is 1. The third-order valence-corrected chi connectivity index (χ3v) is 3.67. The lowest BCUT2D eigenvalue weighted by Crippen LogP contribution is -2.38. The maximum Gasteiger partial charge on any atom is 0.191 e. The first-order valence-corrected chi connectivity index (χ1v) is 7.44. The van der Waals surface area contributed by atoms with Gasteiger partial charge in [-0.05, 0) is 27.2 Å². The van der Waals surface area contributed by atoms with E-state index in [0.717, 1.165) is 44.1 Å². The molecule has 0 aliphatic rings. The number of hydrogen-bond acceptors (Lipinski definition) is 3. The van der Waals surface area contributed by atoms with Gasteiger partial charge in [0.2, 0.25) is 0 Å². The van der Waals surface area contributed by atoms with Gasteiger partial charge in [-0.2, -0.15) is 0 Å². The zero-order chi connectivity index (χ0) is 13.4. The van der Waals surface area contributed by atoms with Crippen molar-refractivity contribution in [1.29, 1.82) is 0 Å². The molecule has 1 heterocycles. The summed E-state index contributed by atoms with van der Waals surface area (Å²) in [6.07, 6.45) is 2.03. The number of nitrogens with zero attached hydrogens (tertiary/aromatic N) is 2. The molecule has 0 spiro atoms. The molecular formula is C13H25IN4S. The van der Waals surface area contributed by atoms with Crippen molar-refractivity contribution in [3.05, 3.63) is 15.6 Å². The minimum atomic E-state index is 0. The number of aryl methyl sites for hydroxylation is 2. The highest BCUT2D eigenvalue weighted by Crippen LogP contribution is 2.16. The Bertz CT molecular complexity index is 370. The average Bonchev–Trinajstić information content (AvgIpc) is 2.65. The molecular weight excluding hydrogens is 371 g/mol. The number of hydrogen-bond donors (Lipinski definition) is 2. The van der Waals surface area contributed by atoms with Gasteiger partial charge in [0.1, 0.15) is 0 Å². The van der Waals surface area contributed by atoms with Crippen LogP contribution in [-0.2, 0) is 6.42 Å². The Morgan fingerprint density at radius 3 is 2.53 bits per heavy atom. The second-order valence-corrected chi connectivity index (χ2v) is 5.47. The molecule has 0 aliphatic heterocycles. The Morgan fingerprint density at radius 1 is 1.26 bits per heavy atom. The van der Waals surface area contributed by atoms with Gasteiger partial charge in [0.15, 0.2) is 5.96 Å². The molecule has 4 nitrogen and oxygen atoms in total. The second-order valence-electron chi connectivity index (χ2n) is 4.19. The summed E-state index contributed by atoms with van der Waals surface area (Å²) in [4.78, 5) is 10.3. The molecule has 0 atom stereocenters. The Hall–Kier alpha value is -0.370. The molecule has 6 heteroatoms. The van der Waals surface area contributed by atoms with Crippen LogP contribution in [0.25, 0.3) is 0 Å². The molecule has 1 rings (SSSR count). The van der Waals surface area contributed by atoms with Crippen molar-refractivity contribution in [3.8, 4) is 0 Å². The summed E-state index contributed by atoms with van der Waals surface area (Å²) in [5.41, 5.74) is 1.15. The van der Waals surface area contributed by atoms with Gasteiger partial charge in [0.25, 0.3) is 0 Å². The number of guanidine groups is 1. The summed E-state index contributed by atoms with van der Waals surface area (Å²) in [7, 11) is 0. The molecule has 1 aromatic heterocycles. The molecule has 0 aromatic carbocycles. The fraction of sp³-hybridized carbons (Fsp3) is 0.692. The minimum Gasteiger partial charge on any atom is -0.357 e. The average molecular weight is 396 g/mol. The predicted octanol–water partition coefficient (Wildman–Crippen LogP) is 2.89. The lowest BCUT2D eigenvalue weighted by molar-refractivity contribution is 0.790. The van der Waals surface area contributed by atoms with E-state index in [-0.39, 0.29) is 24.0 Å². The normalized spacial score (nSPS) is 11.1. The first-order chi connectivity index (χ1) is 8.67. The Labute approximate surface area is 137 Å². The van der Waals surface area contributed by atoms with Crippen LogP contribution in [0.15, 0.2) is 4.99 Å². The van der Waals surface area contributed by atoms with Crippen LogP contribution in [0.2, 0.25) is 0 Å². The molecule has 1 aromatic rings. The number of thiazole rings is 1. The van der Waals surface area contributed by atoms with E-state index < -0.39 is 0 Å². The van der Waals surface area contributed by atoms with Gasteiger partial charge in [-0.1, -0.05) is 6.92 Å². The molecule has 0 amide bonds. The fourth-order valence-electron chi connectivity index (χ4n) is 1.50. The van der Waals surface area contributed by atoms with Crippen molar-refractivity contribution in [2.24, 2.45) is 4.99 Å². The standard InChI is InChI=1S/C13H24N4S.HI/c1-5-8-15-13(14-6-2)16-9-7-12-17-10(3)11(4)18-12;/h5-9H2,1-4H3,(H2,14,15,16);1H. The van der Waals surface area contributed by atoms with E-state index in [4.69, 9.17) is 0 Å². The largest absolute Gasteiger partial charge is 0.357 e. The van der Waals surface area contributed by atoms with Crippen LogP contribution in [0, 0.1) is 13.8 Å². The quantitative estimate of drug-likeness (QED) is 0.442. The topological polar surface area (TPSA) is 49.3 Å². The van der Waals surface area contributed by atoms with Gasteiger partial charge in [-0.15, -0.1) is 35.3 Å².